The molecule has 0 saturated carbocycles. The SMILES string of the molecule is O=S(=O)(Nc1ncccc1Br)c1ccc2c(c1)CCC2. The summed E-state index contributed by atoms with van der Waals surface area (Å²) in [6.07, 6.45) is 4.63. The first-order valence-corrected chi connectivity index (χ1v) is 8.59. The van der Waals surface area contributed by atoms with E-state index in [-0.39, 0.29) is 4.90 Å². The standard InChI is InChI=1S/C14H13BrN2O2S/c15-13-5-2-8-16-14(13)17-20(18,19)12-7-6-10-3-1-4-11(10)9-12/h2,5-9H,1,3-4H2,(H,16,17). The summed E-state index contributed by atoms with van der Waals surface area (Å²) < 4.78 is 27.9. The van der Waals surface area contributed by atoms with Gasteiger partial charge in [-0.2, -0.15) is 0 Å². The highest BCUT2D eigenvalue weighted by Crippen LogP contribution is 2.27. The molecule has 0 atom stereocenters. The third-order valence-electron chi connectivity index (χ3n) is 3.37. The van der Waals surface area contributed by atoms with Crippen molar-refractivity contribution in [3.8, 4) is 0 Å². The van der Waals surface area contributed by atoms with E-state index in [1.807, 2.05) is 6.07 Å². The zero-order valence-corrected chi connectivity index (χ0v) is 13.0. The fraction of sp³-hybridized carbons (Fsp3) is 0.214. The monoisotopic (exact) mass is 352 g/mol. The van der Waals surface area contributed by atoms with E-state index in [4.69, 9.17) is 0 Å². The Morgan fingerprint density at radius 3 is 2.75 bits per heavy atom. The van der Waals surface area contributed by atoms with Crippen LogP contribution in [0.2, 0.25) is 0 Å². The molecule has 4 nitrogen and oxygen atoms in total. The number of benzene rings is 1. The van der Waals surface area contributed by atoms with Crippen molar-refractivity contribution in [1.29, 1.82) is 0 Å². The predicted molar refractivity (Wildman–Crippen MR) is 81.2 cm³/mol. The Bertz CT molecular complexity index is 760. The normalized spacial score (nSPS) is 14.1. The quantitative estimate of drug-likeness (QED) is 0.922. The second-order valence-electron chi connectivity index (χ2n) is 4.72. The van der Waals surface area contributed by atoms with Gasteiger partial charge in [-0.15, -0.1) is 0 Å². The zero-order chi connectivity index (χ0) is 14.2. The van der Waals surface area contributed by atoms with Crippen LogP contribution in [-0.4, -0.2) is 13.4 Å². The minimum atomic E-state index is -3.60. The van der Waals surface area contributed by atoms with Crippen molar-refractivity contribution in [2.45, 2.75) is 24.2 Å². The molecule has 0 fully saturated rings. The number of halogens is 1. The van der Waals surface area contributed by atoms with Gasteiger partial charge in [0.25, 0.3) is 10.0 Å². The largest absolute Gasteiger partial charge is 0.263 e. The number of rotatable bonds is 3. The van der Waals surface area contributed by atoms with Gasteiger partial charge in [-0.05, 0) is 70.6 Å². The Hall–Kier alpha value is -1.40. The number of aryl methyl sites for hydroxylation is 2. The third-order valence-corrected chi connectivity index (χ3v) is 5.35. The van der Waals surface area contributed by atoms with Crippen molar-refractivity contribution in [3.05, 3.63) is 52.1 Å². The maximum absolute atomic E-state index is 12.4. The number of hydrogen-bond donors (Lipinski definition) is 1. The van der Waals surface area contributed by atoms with Gasteiger partial charge in [0.1, 0.15) is 0 Å². The highest BCUT2D eigenvalue weighted by molar-refractivity contribution is 9.10. The fourth-order valence-electron chi connectivity index (χ4n) is 2.36. The lowest BCUT2D eigenvalue weighted by Crippen LogP contribution is -2.14. The van der Waals surface area contributed by atoms with Crippen LogP contribution in [0.1, 0.15) is 17.5 Å². The molecule has 104 valence electrons. The van der Waals surface area contributed by atoms with Crippen LogP contribution >= 0.6 is 15.9 Å². The molecule has 6 heteroatoms. The lowest BCUT2D eigenvalue weighted by Gasteiger charge is -2.10. The van der Waals surface area contributed by atoms with Gasteiger partial charge < -0.3 is 0 Å². The molecule has 0 saturated heterocycles. The van der Waals surface area contributed by atoms with Crippen LogP contribution in [-0.2, 0) is 22.9 Å². The molecule has 1 aliphatic rings. The molecule has 1 aromatic heterocycles. The first-order chi connectivity index (χ1) is 9.56. The molecule has 2 aromatic rings. The van der Waals surface area contributed by atoms with E-state index in [0.29, 0.717) is 10.3 Å². The molecule has 3 rings (SSSR count). The Balaban J connectivity index is 1.94. The lowest BCUT2D eigenvalue weighted by molar-refractivity contribution is 0.601. The van der Waals surface area contributed by atoms with Gasteiger partial charge in [-0.1, -0.05) is 6.07 Å². The Labute approximate surface area is 126 Å². The smallest absolute Gasteiger partial charge is 0.262 e. The van der Waals surface area contributed by atoms with E-state index in [9.17, 15) is 8.42 Å². The Kier molecular flexibility index (Phi) is 3.52. The van der Waals surface area contributed by atoms with Crippen molar-refractivity contribution in [1.82, 2.24) is 4.98 Å². The van der Waals surface area contributed by atoms with Crippen LogP contribution in [0, 0.1) is 0 Å². The van der Waals surface area contributed by atoms with Gasteiger partial charge in [0.2, 0.25) is 0 Å². The number of sulfonamides is 1. The molecule has 20 heavy (non-hydrogen) atoms. The van der Waals surface area contributed by atoms with E-state index in [1.54, 1.807) is 30.5 Å². The topological polar surface area (TPSA) is 59.1 Å². The molecular weight excluding hydrogens is 340 g/mol. The minimum absolute atomic E-state index is 0.288. The average molecular weight is 353 g/mol. The summed E-state index contributed by atoms with van der Waals surface area (Å²) in [5.41, 5.74) is 2.39. The molecule has 1 aliphatic carbocycles. The number of hydrogen-bond acceptors (Lipinski definition) is 3. The second-order valence-corrected chi connectivity index (χ2v) is 7.26. The molecule has 0 spiro atoms. The van der Waals surface area contributed by atoms with Gasteiger partial charge in [0, 0.05) is 6.20 Å². The van der Waals surface area contributed by atoms with Crippen LogP contribution < -0.4 is 4.72 Å². The summed E-state index contributed by atoms with van der Waals surface area (Å²) in [5, 5.41) is 0. The van der Waals surface area contributed by atoms with Crippen LogP contribution in [0.4, 0.5) is 5.82 Å². The number of nitrogens with one attached hydrogen (secondary N) is 1. The summed E-state index contributed by atoms with van der Waals surface area (Å²) in [6.45, 7) is 0. The maximum Gasteiger partial charge on any atom is 0.263 e. The Morgan fingerprint density at radius 2 is 1.95 bits per heavy atom. The predicted octanol–water partition coefficient (Wildman–Crippen LogP) is 3.13. The highest BCUT2D eigenvalue weighted by atomic mass is 79.9. The molecule has 1 aromatic carbocycles. The van der Waals surface area contributed by atoms with Gasteiger partial charge in [0.15, 0.2) is 5.82 Å². The summed E-state index contributed by atoms with van der Waals surface area (Å²) in [7, 11) is -3.60. The molecule has 1 N–H and O–H groups in total. The lowest BCUT2D eigenvalue weighted by atomic mass is 10.1. The number of fused-ring (bicyclic) bond motifs is 1. The zero-order valence-electron chi connectivity index (χ0n) is 10.6. The third kappa shape index (κ3) is 2.58. The summed E-state index contributed by atoms with van der Waals surface area (Å²) in [5.74, 6) is 0.299. The summed E-state index contributed by atoms with van der Waals surface area (Å²) in [6, 6.07) is 8.81. The fourth-order valence-corrected chi connectivity index (χ4v) is 3.93. The van der Waals surface area contributed by atoms with Crippen molar-refractivity contribution in [2.24, 2.45) is 0 Å². The van der Waals surface area contributed by atoms with Gasteiger partial charge in [0.05, 0.1) is 9.37 Å². The molecule has 0 aliphatic heterocycles. The van der Waals surface area contributed by atoms with Gasteiger partial charge in [-0.3, -0.25) is 4.72 Å². The molecule has 1 heterocycles. The van der Waals surface area contributed by atoms with Crippen molar-refractivity contribution in [2.75, 3.05) is 4.72 Å². The highest BCUT2D eigenvalue weighted by Gasteiger charge is 2.19. The first kappa shape index (κ1) is 13.6. The van der Waals surface area contributed by atoms with E-state index in [1.165, 1.54) is 5.56 Å². The van der Waals surface area contributed by atoms with Crippen LogP contribution in [0.3, 0.4) is 0 Å². The summed E-state index contributed by atoms with van der Waals surface area (Å²) in [4.78, 5) is 4.31. The molecule has 0 unspecified atom stereocenters. The van der Waals surface area contributed by atoms with Crippen molar-refractivity contribution >= 4 is 31.8 Å². The molecule has 0 amide bonds. The minimum Gasteiger partial charge on any atom is -0.262 e. The number of aromatic nitrogens is 1. The van der Waals surface area contributed by atoms with E-state index >= 15 is 0 Å². The number of pyridine rings is 1. The van der Waals surface area contributed by atoms with Crippen molar-refractivity contribution < 1.29 is 8.42 Å². The molecule has 0 radical (unpaired) electrons. The number of nitrogens with zero attached hydrogens (tertiary/aromatic N) is 1. The first-order valence-electron chi connectivity index (χ1n) is 6.31. The average Bonchev–Trinajstić information content (AvgIpc) is 2.88. The summed E-state index contributed by atoms with van der Waals surface area (Å²) >= 11 is 3.28. The van der Waals surface area contributed by atoms with Gasteiger partial charge >= 0.3 is 0 Å². The number of anilines is 1. The van der Waals surface area contributed by atoms with E-state index < -0.39 is 10.0 Å². The Morgan fingerprint density at radius 1 is 1.15 bits per heavy atom. The van der Waals surface area contributed by atoms with Crippen LogP contribution in [0.25, 0.3) is 0 Å². The van der Waals surface area contributed by atoms with E-state index in [0.717, 1.165) is 24.8 Å². The molecular formula is C14H13BrN2O2S. The van der Waals surface area contributed by atoms with Crippen molar-refractivity contribution in [3.63, 3.8) is 0 Å². The maximum atomic E-state index is 12.4. The van der Waals surface area contributed by atoms with Crippen LogP contribution in [0.15, 0.2) is 45.9 Å². The second kappa shape index (κ2) is 5.18. The van der Waals surface area contributed by atoms with E-state index in [2.05, 4.69) is 25.6 Å². The van der Waals surface area contributed by atoms with Crippen LogP contribution in [0.5, 0.6) is 0 Å². The van der Waals surface area contributed by atoms with Gasteiger partial charge in [-0.25, -0.2) is 13.4 Å². The molecule has 0 bridgehead atoms.